The van der Waals surface area contributed by atoms with E-state index in [1.165, 1.54) is 18.2 Å². The highest BCUT2D eigenvalue weighted by Gasteiger charge is 2.19. The molecule has 0 saturated carbocycles. The van der Waals surface area contributed by atoms with Crippen molar-refractivity contribution in [2.24, 2.45) is 0 Å². The smallest absolute Gasteiger partial charge is 0.277 e. The maximum atomic E-state index is 13.1. The Hall–Kier alpha value is -1.99. The van der Waals surface area contributed by atoms with Gasteiger partial charge in [0, 0.05) is 5.69 Å². The number of amides is 1. The number of rotatable bonds is 3. The van der Waals surface area contributed by atoms with E-state index in [9.17, 15) is 9.18 Å². The average Bonchev–Trinajstić information content (AvgIpc) is 3.02. The van der Waals surface area contributed by atoms with E-state index in [2.05, 4.69) is 20.9 Å². The summed E-state index contributed by atoms with van der Waals surface area (Å²) in [5.41, 5.74) is 0.631. The summed E-state index contributed by atoms with van der Waals surface area (Å²) in [5.74, 6) is -0.931. The minimum atomic E-state index is -0.531. The van der Waals surface area contributed by atoms with Gasteiger partial charge in [-0.1, -0.05) is 16.8 Å². The maximum absolute atomic E-state index is 13.1. The Kier molecular flexibility index (Phi) is 4.35. The molecule has 116 valence electrons. The lowest BCUT2D eigenvalue weighted by Crippen LogP contribution is -2.29. The first kappa shape index (κ1) is 14.9. The van der Waals surface area contributed by atoms with Crippen LogP contribution in [0.25, 0.3) is 0 Å². The normalized spacial score (nSPS) is 15.7. The highest BCUT2D eigenvalue weighted by atomic mass is 35.5. The van der Waals surface area contributed by atoms with Crippen LogP contribution in [-0.4, -0.2) is 34.0 Å². The Morgan fingerprint density at radius 3 is 2.91 bits per heavy atom. The molecule has 0 radical (unpaired) electrons. The van der Waals surface area contributed by atoms with Gasteiger partial charge in [-0.05, 0) is 44.1 Å². The fraction of sp³-hybridized carbons (Fsp3) is 0.357. The number of anilines is 1. The summed E-state index contributed by atoms with van der Waals surface area (Å²) in [5, 5.41) is 13.8. The molecule has 3 rings (SSSR count). The van der Waals surface area contributed by atoms with Gasteiger partial charge in [-0.15, -0.1) is 5.10 Å². The first-order chi connectivity index (χ1) is 10.6. The molecule has 1 aromatic carbocycles. The van der Waals surface area contributed by atoms with Crippen molar-refractivity contribution in [3.05, 3.63) is 40.9 Å². The standard InChI is InChI=1S/C14H15ClFN5O/c15-11-7-9(1-2-12(11)16)18-14(22)13-8-21(20-19-13)10-3-5-17-6-4-10/h1-2,7-8,10,17H,3-6H2,(H,18,22). The van der Waals surface area contributed by atoms with Crippen LogP contribution < -0.4 is 10.6 Å². The van der Waals surface area contributed by atoms with E-state index in [0.717, 1.165) is 25.9 Å². The van der Waals surface area contributed by atoms with Gasteiger partial charge in [0.05, 0.1) is 17.3 Å². The second kappa shape index (κ2) is 6.41. The predicted molar refractivity (Wildman–Crippen MR) is 80.5 cm³/mol. The van der Waals surface area contributed by atoms with E-state index in [4.69, 9.17) is 11.6 Å². The van der Waals surface area contributed by atoms with E-state index in [0.29, 0.717) is 5.69 Å². The second-order valence-corrected chi connectivity index (χ2v) is 5.56. The molecule has 1 fully saturated rings. The third-order valence-corrected chi connectivity index (χ3v) is 3.89. The second-order valence-electron chi connectivity index (χ2n) is 5.15. The van der Waals surface area contributed by atoms with Gasteiger partial charge in [0.2, 0.25) is 0 Å². The molecule has 1 saturated heterocycles. The van der Waals surface area contributed by atoms with E-state index in [1.54, 1.807) is 10.9 Å². The molecule has 0 unspecified atom stereocenters. The fourth-order valence-electron chi connectivity index (χ4n) is 2.40. The van der Waals surface area contributed by atoms with Crippen molar-refractivity contribution in [1.82, 2.24) is 20.3 Å². The number of hydrogen-bond donors (Lipinski definition) is 2. The maximum Gasteiger partial charge on any atom is 0.277 e. The van der Waals surface area contributed by atoms with Gasteiger partial charge < -0.3 is 10.6 Å². The van der Waals surface area contributed by atoms with Gasteiger partial charge in [-0.3, -0.25) is 4.79 Å². The number of carbonyl (C=O) groups is 1. The molecule has 1 amide bonds. The summed E-state index contributed by atoms with van der Waals surface area (Å²) in [7, 11) is 0. The zero-order valence-corrected chi connectivity index (χ0v) is 12.5. The van der Waals surface area contributed by atoms with E-state index < -0.39 is 11.7 Å². The van der Waals surface area contributed by atoms with Crippen LogP contribution in [0.4, 0.5) is 10.1 Å². The highest BCUT2D eigenvalue weighted by molar-refractivity contribution is 6.31. The number of carbonyl (C=O) groups excluding carboxylic acids is 1. The summed E-state index contributed by atoms with van der Waals surface area (Å²) in [6.45, 7) is 1.86. The largest absolute Gasteiger partial charge is 0.320 e. The quantitative estimate of drug-likeness (QED) is 0.908. The van der Waals surface area contributed by atoms with Crippen LogP contribution in [0.5, 0.6) is 0 Å². The lowest BCUT2D eigenvalue weighted by atomic mass is 10.1. The summed E-state index contributed by atoms with van der Waals surface area (Å²) in [6, 6.07) is 4.25. The van der Waals surface area contributed by atoms with Gasteiger partial charge in [0.1, 0.15) is 5.82 Å². The van der Waals surface area contributed by atoms with Gasteiger partial charge in [-0.2, -0.15) is 0 Å². The summed E-state index contributed by atoms with van der Waals surface area (Å²) in [6.07, 6.45) is 3.55. The van der Waals surface area contributed by atoms with E-state index in [1.807, 2.05) is 0 Å². The Labute approximate surface area is 131 Å². The van der Waals surface area contributed by atoms with Crippen molar-refractivity contribution in [1.29, 1.82) is 0 Å². The summed E-state index contributed by atoms with van der Waals surface area (Å²) >= 11 is 5.68. The number of halogens is 2. The van der Waals surface area contributed by atoms with Crippen LogP contribution in [0.1, 0.15) is 29.4 Å². The Morgan fingerprint density at radius 1 is 1.41 bits per heavy atom. The first-order valence-corrected chi connectivity index (χ1v) is 7.40. The minimum Gasteiger partial charge on any atom is -0.320 e. The molecule has 6 nitrogen and oxygen atoms in total. The van der Waals surface area contributed by atoms with E-state index in [-0.39, 0.29) is 16.8 Å². The molecule has 0 atom stereocenters. The SMILES string of the molecule is O=C(Nc1ccc(F)c(Cl)c1)c1cn(C2CCNCC2)nn1. The molecule has 0 aliphatic carbocycles. The third kappa shape index (κ3) is 3.26. The zero-order valence-electron chi connectivity index (χ0n) is 11.7. The summed E-state index contributed by atoms with van der Waals surface area (Å²) in [4.78, 5) is 12.1. The molecule has 0 bridgehead atoms. The van der Waals surface area contributed by atoms with Gasteiger partial charge in [-0.25, -0.2) is 9.07 Å². The Balaban J connectivity index is 1.69. The van der Waals surface area contributed by atoms with Crippen molar-refractivity contribution in [3.8, 4) is 0 Å². The number of benzene rings is 1. The van der Waals surface area contributed by atoms with Crippen molar-refractivity contribution >= 4 is 23.2 Å². The van der Waals surface area contributed by atoms with Crippen molar-refractivity contribution in [2.45, 2.75) is 18.9 Å². The minimum absolute atomic E-state index is 0.0452. The highest BCUT2D eigenvalue weighted by Crippen LogP contribution is 2.20. The molecular weight excluding hydrogens is 309 g/mol. The van der Waals surface area contributed by atoms with Crippen molar-refractivity contribution < 1.29 is 9.18 Å². The molecule has 2 aromatic rings. The molecule has 8 heteroatoms. The lowest BCUT2D eigenvalue weighted by Gasteiger charge is -2.22. The van der Waals surface area contributed by atoms with Crippen LogP contribution in [-0.2, 0) is 0 Å². The van der Waals surface area contributed by atoms with Crippen LogP contribution in [0.15, 0.2) is 24.4 Å². The molecule has 2 N–H and O–H groups in total. The van der Waals surface area contributed by atoms with Crippen LogP contribution in [0, 0.1) is 5.82 Å². The predicted octanol–water partition coefficient (Wildman–Crippen LogP) is 2.25. The van der Waals surface area contributed by atoms with Crippen LogP contribution in [0.2, 0.25) is 5.02 Å². The zero-order chi connectivity index (χ0) is 15.5. The first-order valence-electron chi connectivity index (χ1n) is 7.02. The van der Waals surface area contributed by atoms with Crippen LogP contribution in [0.3, 0.4) is 0 Å². The molecule has 0 spiro atoms. The van der Waals surface area contributed by atoms with E-state index >= 15 is 0 Å². The fourth-order valence-corrected chi connectivity index (χ4v) is 2.58. The molecule has 2 heterocycles. The van der Waals surface area contributed by atoms with Gasteiger partial charge in [0.15, 0.2) is 5.69 Å². The number of aromatic nitrogens is 3. The van der Waals surface area contributed by atoms with Gasteiger partial charge >= 0.3 is 0 Å². The molecule has 1 aromatic heterocycles. The average molecular weight is 324 g/mol. The number of nitrogens with zero attached hydrogens (tertiary/aromatic N) is 3. The van der Waals surface area contributed by atoms with Crippen LogP contribution >= 0.6 is 11.6 Å². The number of piperidine rings is 1. The van der Waals surface area contributed by atoms with Crippen molar-refractivity contribution in [2.75, 3.05) is 18.4 Å². The molecule has 1 aliphatic heterocycles. The number of nitrogens with one attached hydrogen (secondary N) is 2. The Bertz CT molecular complexity index is 684. The Morgan fingerprint density at radius 2 is 2.18 bits per heavy atom. The topological polar surface area (TPSA) is 71.8 Å². The molecular formula is C14H15ClFN5O. The number of hydrogen-bond acceptors (Lipinski definition) is 4. The molecule has 22 heavy (non-hydrogen) atoms. The van der Waals surface area contributed by atoms with Crippen molar-refractivity contribution in [3.63, 3.8) is 0 Å². The molecule has 1 aliphatic rings. The summed E-state index contributed by atoms with van der Waals surface area (Å²) < 4.78 is 14.8. The monoisotopic (exact) mass is 323 g/mol. The lowest BCUT2D eigenvalue weighted by molar-refractivity contribution is 0.102. The third-order valence-electron chi connectivity index (χ3n) is 3.60. The van der Waals surface area contributed by atoms with Gasteiger partial charge in [0.25, 0.3) is 5.91 Å².